The van der Waals surface area contributed by atoms with Crippen molar-refractivity contribution < 1.29 is 4.42 Å². The molecule has 4 heteroatoms. The van der Waals surface area contributed by atoms with Gasteiger partial charge in [0.1, 0.15) is 5.69 Å². The van der Waals surface area contributed by atoms with Crippen molar-refractivity contribution in [2.45, 2.75) is 0 Å². The molecule has 0 saturated carbocycles. The fraction of sp³-hybridized carbons (Fsp3) is 0. The second-order valence-electron chi connectivity index (χ2n) is 5.81. The molecule has 0 spiro atoms. The number of benzene rings is 3. The number of hydrogen-bond acceptors (Lipinski definition) is 4. The number of nitrogen functional groups attached to an aromatic ring is 2. The zero-order valence-electron chi connectivity index (χ0n) is 13.5. The molecule has 1 heterocycles. The quantitative estimate of drug-likeness (QED) is 0.528. The van der Waals surface area contributed by atoms with Crippen molar-refractivity contribution in [1.82, 2.24) is 4.98 Å². The van der Waals surface area contributed by atoms with Gasteiger partial charge in [-0.2, -0.15) is 0 Å². The SMILES string of the molecule is Nc1ccc(-c2nc(-c3ccccc3)oc2-c2ccc(N)cc2)cc1. The highest BCUT2D eigenvalue weighted by atomic mass is 16.4. The summed E-state index contributed by atoms with van der Waals surface area (Å²) in [6, 6.07) is 25.0. The van der Waals surface area contributed by atoms with E-state index in [0.29, 0.717) is 23.0 Å². The molecule has 122 valence electrons. The highest BCUT2D eigenvalue weighted by Crippen LogP contribution is 2.36. The van der Waals surface area contributed by atoms with Crippen molar-refractivity contribution >= 4 is 11.4 Å². The molecular weight excluding hydrogens is 310 g/mol. The van der Waals surface area contributed by atoms with E-state index in [1.807, 2.05) is 78.9 Å². The van der Waals surface area contributed by atoms with Gasteiger partial charge in [0.2, 0.25) is 5.89 Å². The number of oxazole rings is 1. The monoisotopic (exact) mass is 327 g/mol. The number of hydrogen-bond donors (Lipinski definition) is 2. The van der Waals surface area contributed by atoms with Crippen molar-refractivity contribution in [3.63, 3.8) is 0 Å². The topological polar surface area (TPSA) is 78.1 Å². The Kier molecular flexibility index (Phi) is 3.71. The average Bonchev–Trinajstić information content (AvgIpc) is 3.09. The number of anilines is 2. The van der Waals surface area contributed by atoms with E-state index in [9.17, 15) is 0 Å². The van der Waals surface area contributed by atoms with Gasteiger partial charge in [0.05, 0.1) is 0 Å². The van der Waals surface area contributed by atoms with Crippen LogP contribution in [0.1, 0.15) is 0 Å². The molecular formula is C21H17N3O. The second-order valence-corrected chi connectivity index (χ2v) is 5.81. The van der Waals surface area contributed by atoms with Crippen LogP contribution in [0.5, 0.6) is 0 Å². The summed E-state index contributed by atoms with van der Waals surface area (Å²) in [6.45, 7) is 0. The van der Waals surface area contributed by atoms with Crippen molar-refractivity contribution in [3.8, 4) is 34.0 Å². The summed E-state index contributed by atoms with van der Waals surface area (Å²) in [5, 5.41) is 0. The molecule has 0 saturated heterocycles. The molecule has 1 aromatic heterocycles. The van der Waals surface area contributed by atoms with E-state index in [2.05, 4.69) is 0 Å². The molecule has 4 rings (SSSR count). The predicted molar refractivity (Wildman–Crippen MR) is 102 cm³/mol. The van der Waals surface area contributed by atoms with Crippen LogP contribution < -0.4 is 11.5 Å². The molecule has 0 atom stereocenters. The van der Waals surface area contributed by atoms with Crippen LogP contribution in [-0.4, -0.2) is 4.98 Å². The minimum atomic E-state index is 0.583. The van der Waals surface area contributed by atoms with Gasteiger partial charge in [-0.3, -0.25) is 0 Å². The molecule has 4 nitrogen and oxygen atoms in total. The molecule has 4 N–H and O–H groups in total. The number of nitrogens with zero attached hydrogens (tertiary/aromatic N) is 1. The van der Waals surface area contributed by atoms with Crippen LogP contribution >= 0.6 is 0 Å². The Labute approximate surface area is 145 Å². The molecule has 25 heavy (non-hydrogen) atoms. The molecule has 0 bridgehead atoms. The summed E-state index contributed by atoms with van der Waals surface area (Å²) in [4.78, 5) is 4.74. The van der Waals surface area contributed by atoms with Gasteiger partial charge in [0, 0.05) is 28.1 Å². The fourth-order valence-electron chi connectivity index (χ4n) is 2.69. The Morgan fingerprint density at radius 1 is 0.600 bits per heavy atom. The average molecular weight is 327 g/mol. The number of nitrogens with two attached hydrogens (primary N) is 2. The van der Waals surface area contributed by atoms with E-state index in [0.717, 1.165) is 22.4 Å². The lowest BCUT2D eigenvalue weighted by atomic mass is 10.1. The molecule has 0 unspecified atom stereocenters. The Bertz CT molecular complexity index is 925. The first kappa shape index (κ1) is 15.0. The van der Waals surface area contributed by atoms with E-state index >= 15 is 0 Å². The smallest absolute Gasteiger partial charge is 0.227 e. The molecule has 0 aliphatic heterocycles. The van der Waals surface area contributed by atoms with Crippen LogP contribution in [0.4, 0.5) is 11.4 Å². The summed E-state index contributed by atoms with van der Waals surface area (Å²) in [5.74, 6) is 1.29. The lowest BCUT2D eigenvalue weighted by Crippen LogP contribution is -1.87. The molecule has 0 amide bonds. The molecule has 0 aliphatic rings. The fourth-order valence-corrected chi connectivity index (χ4v) is 2.69. The second kappa shape index (κ2) is 6.17. The molecule has 0 fully saturated rings. The normalized spacial score (nSPS) is 10.7. The van der Waals surface area contributed by atoms with Crippen LogP contribution in [0.15, 0.2) is 83.3 Å². The standard InChI is InChI=1S/C21H17N3O/c22-17-10-6-14(7-11-17)19-20(15-8-12-18(23)13-9-15)25-21(24-19)16-4-2-1-3-5-16/h1-13H,22-23H2. The Morgan fingerprint density at radius 2 is 1.16 bits per heavy atom. The Hall–Kier alpha value is -3.53. The van der Waals surface area contributed by atoms with Gasteiger partial charge in [0.25, 0.3) is 0 Å². The van der Waals surface area contributed by atoms with Crippen molar-refractivity contribution in [2.75, 3.05) is 11.5 Å². The third kappa shape index (κ3) is 2.97. The van der Waals surface area contributed by atoms with Crippen LogP contribution in [0.25, 0.3) is 34.0 Å². The van der Waals surface area contributed by atoms with Crippen LogP contribution in [-0.2, 0) is 0 Å². The zero-order chi connectivity index (χ0) is 17.2. The highest BCUT2D eigenvalue weighted by molar-refractivity contribution is 5.80. The largest absolute Gasteiger partial charge is 0.435 e. The van der Waals surface area contributed by atoms with E-state index < -0.39 is 0 Å². The van der Waals surface area contributed by atoms with Crippen molar-refractivity contribution in [3.05, 3.63) is 78.9 Å². The first-order valence-corrected chi connectivity index (χ1v) is 7.99. The molecule has 0 radical (unpaired) electrons. The van der Waals surface area contributed by atoms with E-state index in [-0.39, 0.29) is 0 Å². The summed E-state index contributed by atoms with van der Waals surface area (Å²) in [5.41, 5.74) is 16.6. The lowest BCUT2D eigenvalue weighted by molar-refractivity contribution is 0.589. The summed E-state index contributed by atoms with van der Waals surface area (Å²) >= 11 is 0. The van der Waals surface area contributed by atoms with Crippen molar-refractivity contribution in [1.29, 1.82) is 0 Å². The lowest BCUT2D eigenvalue weighted by Gasteiger charge is -2.02. The van der Waals surface area contributed by atoms with Gasteiger partial charge in [-0.1, -0.05) is 30.3 Å². The van der Waals surface area contributed by atoms with E-state index in [4.69, 9.17) is 20.9 Å². The van der Waals surface area contributed by atoms with Gasteiger partial charge in [-0.05, 0) is 48.5 Å². The Balaban J connectivity index is 1.89. The molecule has 3 aromatic carbocycles. The van der Waals surface area contributed by atoms with Gasteiger partial charge in [-0.25, -0.2) is 4.98 Å². The first-order valence-electron chi connectivity index (χ1n) is 7.99. The van der Waals surface area contributed by atoms with E-state index in [1.165, 1.54) is 0 Å². The van der Waals surface area contributed by atoms with Gasteiger partial charge < -0.3 is 15.9 Å². The number of aromatic nitrogens is 1. The van der Waals surface area contributed by atoms with Gasteiger partial charge >= 0.3 is 0 Å². The zero-order valence-corrected chi connectivity index (χ0v) is 13.5. The van der Waals surface area contributed by atoms with Crippen LogP contribution in [0, 0.1) is 0 Å². The van der Waals surface area contributed by atoms with Gasteiger partial charge in [-0.15, -0.1) is 0 Å². The number of rotatable bonds is 3. The van der Waals surface area contributed by atoms with E-state index in [1.54, 1.807) is 0 Å². The minimum Gasteiger partial charge on any atom is -0.435 e. The van der Waals surface area contributed by atoms with Crippen LogP contribution in [0.2, 0.25) is 0 Å². The third-order valence-electron chi connectivity index (χ3n) is 4.00. The minimum absolute atomic E-state index is 0.583. The Morgan fingerprint density at radius 3 is 1.76 bits per heavy atom. The van der Waals surface area contributed by atoms with Gasteiger partial charge in [0.15, 0.2) is 5.76 Å². The highest BCUT2D eigenvalue weighted by Gasteiger charge is 2.17. The summed E-state index contributed by atoms with van der Waals surface area (Å²) in [7, 11) is 0. The third-order valence-corrected chi connectivity index (χ3v) is 4.00. The van der Waals surface area contributed by atoms with Crippen LogP contribution in [0.3, 0.4) is 0 Å². The molecule has 4 aromatic rings. The predicted octanol–water partition coefficient (Wildman–Crippen LogP) is 4.84. The maximum atomic E-state index is 6.13. The maximum absolute atomic E-state index is 6.13. The summed E-state index contributed by atoms with van der Waals surface area (Å²) in [6.07, 6.45) is 0. The maximum Gasteiger partial charge on any atom is 0.227 e. The summed E-state index contributed by atoms with van der Waals surface area (Å²) < 4.78 is 6.13. The molecule has 0 aliphatic carbocycles. The van der Waals surface area contributed by atoms with Crippen molar-refractivity contribution in [2.24, 2.45) is 0 Å². The first-order chi connectivity index (χ1) is 12.2.